The lowest BCUT2D eigenvalue weighted by Crippen LogP contribution is -2.27. The summed E-state index contributed by atoms with van der Waals surface area (Å²) in [6.07, 6.45) is 2.03. The van der Waals surface area contributed by atoms with Crippen molar-refractivity contribution in [2.75, 3.05) is 6.54 Å². The summed E-state index contributed by atoms with van der Waals surface area (Å²) in [6, 6.07) is 22.7. The standard InChI is InChI=1S/C28H24N2O3/c1-18-15-19(2)27-23(16-18)25(31)17-26(33-27)21-7-9-22(10-8-21)28(32)29-12-14-30-13-11-20-5-3-4-6-24(20)30/h3-11,13,15-17H,12,14H2,1-2H3,(H,29,32). The molecule has 0 fully saturated rings. The van der Waals surface area contributed by atoms with Crippen molar-refractivity contribution in [1.82, 2.24) is 9.88 Å². The lowest BCUT2D eigenvalue weighted by molar-refractivity contribution is 0.0952. The number of carbonyl (C=O) groups is 1. The zero-order valence-electron chi connectivity index (χ0n) is 18.6. The number of aromatic nitrogens is 1. The molecule has 0 radical (unpaired) electrons. The van der Waals surface area contributed by atoms with Crippen molar-refractivity contribution < 1.29 is 9.21 Å². The summed E-state index contributed by atoms with van der Waals surface area (Å²) in [7, 11) is 0. The van der Waals surface area contributed by atoms with Gasteiger partial charge in [-0.1, -0.05) is 36.4 Å². The average molecular weight is 437 g/mol. The van der Waals surface area contributed by atoms with Gasteiger partial charge in [-0.15, -0.1) is 0 Å². The van der Waals surface area contributed by atoms with E-state index in [1.165, 1.54) is 11.5 Å². The number of amides is 1. The fraction of sp³-hybridized carbons (Fsp3) is 0.143. The maximum absolute atomic E-state index is 12.6. The average Bonchev–Trinajstić information content (AvgIpc) is 3.23. The molecule has 0 saturated heterocycles. The van der Waals surface area contributed by atoms with Gasteiger partial charge in [0.05, 0.1) is 5.39 Å². The summed E-state index contributed by atoms with van der Waals surface area (Å²) >= 11 is 0. The van der Waals surface area contributed by atoms with Crippen molar-refractivity contribution in [3.05, 3.63) is 106 Å². The van der Waals surface area contributed by atoms with Gasteiger partial charge in [-0.05, 0) is 60.7 Å². The first-order valence-electron chi connectivity index (χ1n) is 11.0. The number of hydrogen-bond donors (Lipinski definition) is 1. The Morgan fingerprint density at radius 2 is 1.76 bits per heavy atom. The highest BCUT2D eigenvalue weighted by atomic mass is 16.3. The highest BCUT2D eigenvalue weighted by molar-refractivity contribution is 5.94. The number of fused-ring (bicyclic) bond motifs is 2. The maximum Gasteiger partial charge on any atom is 0.251 e. The third-order valence-corrected chi connectivity index (χ3v) is 5.91. The zero-order chi connectivity index (χ0) is 22.9. The van der Waals surface area contributed by atoms with E-state index in [1.54, 1.807) is 12.1 Å². The normalized spacial score (nSPS) is 11.2. The molecule has 5 nitrogen and oxygen atoms in total. The van der Waals surface area contributed by atoms with Gasteiger partial charge < -0.3 is 14.3 Å². The van der Waals surface area contributed by atoms with Crippen LogP contribution in [0.3, 0.4) is 0 Å². The fourth-order valence-corrected chi connectivity index (χ4v) is 4.26. The van der Waals surface area contributed by atoms with E-state index >= 15 is 0 Å². The first-order valence-corrected chi connectivity index (χ1v) is 11.0. The first-order chi connectivity index (χ1) is 16.0. The minimum atomic E-state index is -0.135. The number of para-hydroxylation sites is 1. The Balaban J connectivity index is 1.30. The number of hydrogen-bond acceptors (Lipinski definition) is 3. The molecule has 5 heteroatoms. The summed E-state index contributed by atoms with van der Waals surface area (Å²) in [4.78, 5) is 25.2. The molecule has 1 N–H and O–H groups in total. The first kappa shape index (κ1) is 20.8. The van der Waals surface area contributed by atoms with E-state index in [0.29, 0.717) is 35.4 Å². The van der Waals surface area contributed by atoms with E-state index in [1.807, 2.05) is 56.4 Å². The fourth-order valence-electron chi connectivity index (χ4n) is 4.26. The summed E-state index contributed by atoms with van der Waals surface area (Å²) in [6.45, 7) is 5.12. The third-order valence-electron chi connectivity index (χ3n) is 5.91. The van der Waals surface area contributed by atoms with Crippen LogP contribution in [0.2, 0.25) is 0 Å². The van der Waals surface area contributed by atoms with Crippen LogP contribution in [0.25, 0.3) is 33.2 Å². The molecule has 5 rings (SSSR count). The van der Waals surface area contributed by atoms with E-state index in [0.717, 1.165) is 22.2 Å². The molecule has 1 amide bonds. The number of aryl methyl sites for hydroxylation is 2. The minimum absolute atomic E-state index is 0.0718. The SMILES string of the molecule is Cc1cc(C)c2oc(-c3ccc(C(=O)NCCn4ccc5ccccc54)cc3)cc(=O)c2c1. The van der Waals surface area contributed by atoms with Gasteiger partial charge >= 0.3 is 0 Å². The summed E-state index contributed by atoms with van der Waals surface area (Å²) < 4.78 is 8.18. The second-order valence-corrected chi connectivity index (χ2v) is 8.33. The molecule has 2 heterocycles. The maximum atomic E-state index is 12.6. The molecular formula is C28H24N2O3. The Hall–Kier alpha value is -4.12. The van der Waals surface area contributed by atoms with Gasteiger partial charge in [-0.25, -0.2) is 0 Å². The van der Waals surface area contributed by atoms with Gasteiger partial charge in [0.2, 0.25) is 0 Å². The Morgan fingerprint density at radius 1 is 0.970 bits per heavy atom. The smallest absolute Gasteiger partial charge is 0.251 e. The van der Waals surface area contributed by atoms with Crippen molar-refractivity contribution in [2.24, 2.45) is 0 Å². The number of benzene rings is 3. The molecule has 0 spiro atoms. The van der Waals surface area contributed by atoms with Crippen LogP contribution in [0.4, 0.5) is 0 Å². The van der Waals surface area contributed by atoms with Crippen LogP contribution < -0.4 is 10.7 Å². The number of rotatable bonds is 5. The van der Waals surface area contributed by atoms with E-state index in [9.17, 15) is 9.59 Å². The van der Waals surface area contributed by atoms with E-state index in [-0.39, 0.29) is 11.3 Å². The lowest BCUT2D eigenvalue weighted by atomic mass is 10.1. The molecule has 0 aliphatic rings. The highest BCUT2D eigenvalue weighted by Crippen LogP contribution is 2.25. The molecule has 0 aliphatic heterocycles. The molecule has 33 heavy (non-hydrogen) atoms. The lowest BCUT2D eigenvalue weighted by Gasteiger charge is -2.09. The molecule has 0 saturated carbocycles. The Labute approximate surface area is 191 Å². The van der Waals surface area contributed by atoms with Gasteiger partial charge in [0.15, 0.2) is 5.43 Å². The second-order valence-electron chi connectivity index (χ2n) is 8.33. The van der Waals surface area contributed by atoms with Gasteiger partial charge in [0.25, 0.3) is 5.91 Å². The molecule has 164 valence electrons. The molecular weight excluding hydrogens is 412 g/mol. The molecule has 5 aromatic rings. The van der Waals surface area contributed by atoms with Gasteiger partial charge in [0, 0.05) is 42.0 Å². The van der Waals surface area contributed by atoms with Crippen LogP contribution in [0.15, 0.2) is 88.2 Å². The predicted molar refractivity (Wildman–Crippen MR) is 132 cm³/mol. The van der Waals surface area contributed by atoms with E-state index in [4.69, 9.17) is 4.42 Å². The largest absolute Gasteiger partial charge is 0.456 e. The minimum Gasteiger partial charge on any atom is -0.456 e. The van der Waals surface area contributed by atoms with Crippen LogP contribution in [0.1, 0.15) is 21.5 Å². The van der Waals surface area contributed by atoms with Crippen LogP contribution in [-0.2, 0) is 6.54 Å². The van der Waals surface area contributed by atoms with Gasteiger partial charge in [-0.3, -0.25) is 9.59 Å². The molecule has 0 bridgehead atoms. The van der Waals surface area contributed by atoms with E-state index in [2.05, 4.69) is 28.1 Å². The molecule has 0 atom stereocenters. The van der Waals surface area contributed by atoms with E-state index < -0.39 is 0 Å². The monoisotopic (exact) mass is 436 g/mol. The van der Waals surface area contributed by atoms with Crippen molar-refractivity contribution in [3.8, 4) is 11.3 Å². The van der Waals surface area contributed by atoms with Crippen molar-refractivity contribution in [1.29, 1.82) is 0 Å². The quantitative estimate of drug-likeness (QED) is 0.398. The summed E-state index contributed by atoms with van der Waals surface area (Å²) in [5.41, 5.74) is 4.95. The topological polar surface area (TPSA) is 64.2 Å². The summed E-state index contributed by atoms with van der Waals surface area (Å²) in [5.74, 6) is 0.357. The molecule has 3 aromatic carbocycles. The van der Waals surface area contributed by atoms with Crippen molar-refractivity contribution in [2.45, 2.75) is 20.4 Å². The predicted octanol–water partition coefficient (Wildman–Crippen LogP) is 5.46. The number of nitrogens with one attached hydrogen (secondary N) is 1. The van der Waals surface area contributed by atoms with Crippen LogP contribution in [0.5, 0.6) is 0 Å². The zero-order valence-corrected chi connectivity index (χ0v) is 18.6. The van der Waals surface area contributed by atoms with Crippen LogP contribution in [-0.4, -0.2) is 17.0 Å². The van der Waals surface area contributed by atoms with Crippen molar-refractivity contribution in [3.63, 3.8) is 0 Å². The van der Waals surface area contributed by atoms with Crippen molar-refractivity contribution >= 4 is 27.8 Å². The third kappa shape index (κ3) is 4.05. The van der Waals surface area contributed by atoms with Gasteiger partial charge in [-0.2, -0.15) is 0 Å². The molecule has 0 aliphatic carbocycles. The van der Waals surface area contributed by atoms with Gasteiger partial charge in [0.1, 0.15) is 11.3 Å². The summed E-state index contributed by atoms with van der Waals surface area (Å²) in [5, 5.41) is 4.75. The number of carbonyl (C=O) groups excluding carboxylic acids is 1. The Bertz CT molecular complexity index is 1540. The highest BCUT2D eigenvalue weighted by Gasteiger charge is 2.11. The molecule has 0 unspecified atom stereocenters. The number of nitrogens with zero attached hydrogens (tertiary/aromatic N) is 1. The Kier molecular flexibility index (Phi) is 5.31. The Morgan fingerprint density at radius 3 is 2.58 bits per heavy atom. The van der Waals surface area contributed by atoms with Crippen LogP contribution in [0, 0.1) is 13.8 Å². The van der Waals surface area contributed by atoms with Crippen LogP contribution >= 0.6 is 0 Å². The molecule has 2 aromatic heterocycles. The second kappa shape index (κ2) is 8.43.